The second kappa shape index (κ2) is 6.10. The Hall–Kier alpha value is -3.93. The number of anilines is 2. The summed E-state index contributed by atoms with van der Waals surface area (Å²) in [5, 5.41) is 7.02. The van der Waals surface area contributed by atoms with E-state index < -0.39 is 0 Å². The molecule has 1 amide bonds. The Balaban J connectivity index is 1.49. The molecule has 6 heteroatoms. The van der Waals surface area contributed by atoms with Crippen LogP contribution in [0.3, 0.4) is 0 Å². The maximum absolute atomic E-state index is 12.4. The fourth-order valence-electron chi connectivity index (χ4n) is 3.11. The summed E-state index contributed by atoms with van der Waals surface area (Å²) in [6.45, 7) is 0. The molecule has 0 aliphatic carbocycles. The van der Waals surface area contributed by atoms with E-state index in [9.17, 15) is 4.79 Å². The van der Waals surface area contributed by atoms with Gasteiger partial charge in [-0.3, -0.25) is 9.78 Å². The first kappa shape index (κ1) is 15.3. The summed E-state index contributed by atoms with van der Waals surface area (Å²) in [5.41, 5.74) is 3.88. The van der Waals surface area contributed by atoms with Crippen LogP contribution in [-0.4, -0.2) is 15.9 Å². The number of pyridine rings is 2. The number of amides is 1. The number of hydrogen-bond acceptors (Lipinski definition) is 5. The molecule has 27 heavy (non-hydrogen) atoms. The Labute approximate surface area is 154 Å². The van der Waals surface area contributed by atoms with Crippen LogP contribution in [-0.2, 0) is 4.79 Å². The number of nitrogens with zero attached hydrogens (tertiary/aromatic N) is 2. The Kier molecular flexibility index (Phi) is 3.47. The van der Waals surface area contributed by atoms with E-state index in [2.05, 4.69) is 20.6 Å². The molecule has 0 atom stereocenters. The van der Waals surface area contributed by atoms with Crippen molar-refractivity contribution >= 4 is 33.9 Å². The van der Waals surface area contributed by atoms with Gasteiger partial charge in [-0.2, -0.15) is 0 Å². The monoisotopic (exact) mass is 354 g/mol. The highest BCUT2D eigenvalue weighted by molar-refractivity contribution is 6.31. The third-order valence-electron chi connectivity index (χ3n) is 4.45. The summed E-state index contributed by atoms with van der Waals surface area (Å²) in [6.07, 6.45) is 6.76. The molecule has 5 rings (SSSR count). The van der Waals surface area contributed by atoms with Crippen molar-refractivity contribution in [2.75, 3.05) is 10.6 Å². The average Bonchev–Trinajstić information content (AvgIpc) is 3.33. The lowest BCUT2D eigenvalue weighted by atomic mass is 10.1. The van der Waals surface area contributed by atoms with Gasteiger partial charge in [0.1, 0.15) is 11.6 Å². The smallest absolute Gasteiger partial charge is 0.259 e. The molecular weight excluding hydrogens is 340 g/mol. The van der Waals surface area contributed by atoms with Gasteiger partial charge in [-0.15, -0.1) is 0 Å². The van der Waals surface area contributed by atoms with Crippen LogP contribution >= 0.6 is 0 Å². The van der Waals surface area contributed by atoms with Crippen LogP contribution in [0.2, 0.25) is 0 Å². The molecule has 6 nitrogen and oxygen atoms in total. The summed E-state index contributed by atoms with van der Waals surface area (Å²) in [5.74, 6) is 1.06. The van der Waals surface area contributed by atoms with Crippen molar-refractivity contribution in [3.05, 3.63) is 79.0 Å². The van der Waals surface area contributed by atoms with Gasteiger partial charge < -0.3 is 15.1 Å². The van der Waals surface area contributed by atoms with Crippen molar-refractivity contribution < 1.29 is 9.21 Å². The van der Waals surface area contributed by atoms with Crippen LogP contribution in [0.25, 0.3) is 27.8 Å². The molecule has 0 unspecified atom stereocenters. The molecule has 1 aliphatic rings. The molecule has 0 spiro atoms. The molecular formula is C21H14N4O2. The van der Waals surface area contributed by atoms with Crippen LogP contribution in [0.5, 0.6) is 0 Å². The number of carbonyl (C=O) groups is 1. The van der Waals surface area contributed by atoms with Gasteiger partial charge in [-0.1, -0.05) is 6.07 Å². The normalized spacial score (nSPS) is 14.4. The Bertz CT molecular complexity index is 1200. The van der Waals surface area contributed by atoms with Crippen molar-refractivity contribution in [3.8, 4) is 11.3 Å². The summed E-state index contributed by atoms with van der Waals surface area (Å²) in [6, 6.07) is 15.3. The quantitative estimate of drug-likeness (QED) is 0.536. The number of fused-ring (bicyclic) bond motifs is 2. The van der Waals surface area contributed by atoms with Gasteiger partial charge >= 0.3 is 0 Å². The van der Waals surface area contributed by atoms with E-state index in [-0.39, 0.29) is 5.91 Å². The van der Waals surface area contributed by atoms with E-state index in [0.29, 0.717) is 17.2 Å². The molecule has 130 valence electrons. The van der Waals surface area contributed by atoms with E-state index in [0.717, 1.165) is 27.7 Å². The number of rotatable bonds is 3. The van der Waals surface area contributed by atoms with E-state index >= 15 is 0 Å². The molecule has 0 saturated carbocycles. The fourth-order valence-corrected chi connectivity index (χ4v) is 3.11. The van der Waals surface area contributed by atoms with Crippen LogP contribution in [0, 0.1) is 0 Å². The minimum atomic E-state index is -0.191. The lowest BCUT2D eigenvalue weighted by molar-refractivity contribution is -0.110. The lowest BCUT2D eigenvalue weighted by Crippen LogP contribution is -2.05. The number of hydrogen-bond donors (Lipinski definition) is 2. The summed E-state index contributed by atoms with van der Waals surface area (Å²) < 4.78 is 5.43. The van der Waals surface area contributed by atoms with Crippen LogP contribution in [0.15, 0.2) is 77.8 Å². The van der Waals surface area contributed by atoms with Gasteiger partial charge in [0.05, 0.1) is 17.4 Å². The molecule has 1 aromatic carbocycles. The molecule has 0 radical (unpaired) electrons. The largest absolute Gasteiger partial charge is 0.464 e. The van der Waals surface area contributed by atoms with Crippen molar-refractivity contribution in [1.82, 2.24) is 9.97 Å². The number of aromatic nitrogens is 2. The predicted octanol–water partition coefficient (Wildman–Crippen LogP) is 4.29. The van der Waals surface area contributed by atoms with Gasteiger partial charge in [-0.25, -0.2) is 4.98 Å². The van der Waals surface area contributed by atoms with E-state index in [1.165, 1.54) is 0 Å². The second-order valence-corrected chi connectivity index (χ2v) is 6.16. The Morgan fingerprint density at radius 3 is 2.93 bits per heavy atom. The van der Waals surface area contributed by atoms with Crippen molar-refractivity contribution in [2.24, 2.45) is 0 Å². The molecule has 4 heterocycles. The van der Waals surface area contributed by atoms with E-state index in [4.69, 9.17) is 4.42 Å². The van der Waals surface area contributed by atoms with Crippen LogP contribution in [0.4, 0.5) is 11.5 Å². The average molecular weight is 354 g/mol. The number of nitrogens with one attached hydrogen (secondary N) is 2. The third-order valence-corrected chi connectivity index (χ3v) is 4.45. The number of furan rings is 1. The molecule has 0 fully saturated rings. The van der Waals surface area contributed by atoms with Gasteiger partial charge in [-0.05, 0) is 42.5 Å². The lowest BCUT2D eigenvalue weighted by Gasteiger charge is -2.05. The summed E-state index contributed by atoms with van der Waals surface area (Å²) >= 11 is 0. The highest BCUT2D eigenvalue weighted by Gasteiger charge is 2.26. The molecule has 0 saturated heterocycles. The standard InChI is InChI=1S/C21H14N4O2/c26-21-17(12-23-15-5-6-18-13(9-15)3-1-7-22-18)16-10-14(11-24-20(16)25-21)19-4-2-8-27-19/h1-12,23H,(H,24,25,26)/b17-12-. The number of benzene rings is 1. The minimum absolute atomic E-state index is 0.191. The van der Waals surface area contributed by atoms with Crippen LogP contribution in [0.1, 0.15) is 5.56 Å². The molecule has 3 aromatic heterocycles. The molecule has 4 aromatic rings. The highest BCUT2D eigenvalue weighted by Crippen LogP contribution is 2.33. The maximum Gasteiger partial charge on any atom is 0.259 e. The fraction of sp³-hybridized carbons (Fsp3) is 0. The minimum Gasteiger partial charge on any atom is -0.464 e. The van der Waals surface area contributed by atoms with Crippen LogP contribution < -0.4 is 10.6 Å². The summed E-state index contributed by atoms with van der Waals surface area (Å²) in [7, 11) is 0. The topological polar surface area (TPSA) is 80.0 Å². The van der Waals surface area contributed by atoms with Crippen molar-refractivity contribution in [3.63, 3.8) is 0 Å². The third kappa shape index (κ3) is 2.73. The summed E-state index contributed by atoms with van der Waals surface area (Å²) in [4.78, 5) is 21.0. The van der Waals surface area contributed by atoms with Gasteiger partial charge in [0.15, 0.2) is 0 Å². The van der Waals surface area contributed by atoms with E-state index in [1.807, 2.05) is 48.5 Å². The van der Waals surface area contributed by atoms with Gasteiger partial charge in [0.2, 0.25) is 0 Å². The van der Waals surface area contributed by atoms with Crippen molar-refractivity contribution in [1.29, 1.82) is 0 Å². The zero-order valence-electron chi connectivity index (χ0n) is 14.1. The SMILES string of the molecule is O=C1Nc2ncc(-c3ccco3)cc2/C1=C/Nc1ccc2ncccc2c1. The second-order valence-electron chi connectivity index (χ2n) is 6.16. The maximum atomic E-state index is 12.4. The first-order valence-electron chi connectivity index (χ1n) is 8.45. The first-order valence-corrected chi connectivity index (χ1v) is 8.45. The first-order chi connectivity index (χ1) is 13.3. The van der Waals surface area contributed by atoms with Gasteiger partial charge in [0, 0.05) is 40.8 Å². The Morgan fingerprint density at radius 1 is 1.07 bits per heavy atom. The molecule has 2 N–H and O–H groups in total. The van der Waals surface area contributed by atoms with Crippen molar-refractivity contribution in [2.45, 2.75) is 0 Å². The van der Waals surface area contributed by atoms with E-state index in [1.54, 1.807) is 24.9 Å². The highest BCUT2D eigenvalue weighted by atomic mass is 16.3. The van der Waals surface area contributed by atoms with Gasteiger partial charge in [0.25, 0.3) is 5.91 Å². The number of carbonyl (C=O) groups excluding carboxylic acids is 1. The predicted molar refractivity (Wildman–Crippen MR) is 104 cm³/mol. The Morgan fingerprint density at radius 2 is 2.04 bits per heavy atom. The zero-order chi connectivity index (χ0) is 18.2. The molecule has 0 bridgehead atoms. The zero-order valence-corrected chi connectivity index (χ0v) is 14.1. The molecule has 1 aliphatic heterocycles.